The van der Waals surface area contributed by atoms with Gasteiger partial charge in [-0.15, -0.1) is 0 Å². The molecular formula is C17H17ClN3O3-. The summed E-state index contributed by atoms with van der Waals surface area (Å²) < 4.78 is 5.86. The van der Waals surface area contributed by atoms with Crippen molar-refractivity contribution >= 4 is 30.0 Å². The summed E-state index contributed by atoms with van der Waals surface area (Å²) in [7, 11) is 0. The number of carboxylic acids is 1. The van der Waals surface area contributed by atoms with Crippen molar-refractivity contribution < 1.29 is 14.3 Å². The minimum absolute atomic E-state index is 0.518. The van der Waals surface area contributed by atoms with Crippen LogP contribution in [0.2, 0.25) is 5.02 Å². The van der Waals surface area contributed by atoms with Gasteiger partial charge in [0.05, 0.1) is 0 Å². The third-order valence-electron chi connectivity index (χ3n) is 3.26. The monoisotopic (exact) mass is 346 g/mol. The van der Waals surface area contributed by atoms with Crippen LogP contribution in [0.5, 0.6) is 0 Å². The van der Waals surface area contributed by atoms with E-state index in [4.69, 9.17) is 25.9 Å². The lowest BCUT2D eigenvalue weighted by atomic mass is 10.1. The van der Waals surface area contributed by atoms with Crippen LogP contribution >= 0.6 is 11.6 Å². The third kappa shape index (κ3) is 4.08. The summed E-state index contributed by atoms with van der Waals surface area (Å²) in [5, 5.41) is 9.59. The van der Waals surface area contributed by atoms with Gasteiger partial charge in [-0.05, 0) is 26.0 Å². The van der Waals surface area contributed by atoms with E-state index in [-0.39, 0.29) is 0 Å². The van der Waals surface area contributed by atoms with Crippen molar-refractivity contribution in [3.63, 3.8) is 0 Å². The van der Waals surface area contributed by atoms with Gasteiger partial charge in [0, 0.05) is 35.4 Å². The lowest BCUT2D eigenvalue weighted by Gasteiger charge is -2.11. The number of halogens is 1. The van der Waals surface area contributed by atoms with Gasteiger partial charge in [0.1, 0.15) is 11.5 Å². The van der Waals surface area contributed by atoms with Gasteiger partial charge in [0.15, 0.2) is 0 Å². The van der Waals surface area contributed by atoms with Crippen LogP contribution < -0.4 is 5.11 Å². The number of carboxylic acid groups (broad SMARTS) is 1. The van der Waals surface area contributed by atoms with Crippen molar-refractivity contribution in [3.8, 4) is 11.3 Å². The molecule has 0 bridgehead atoms. The van der Waals surface area contributed by atoms with E-state index < -0.39 is 11.6 Å². The van der Waals surface area contributed by atoms with Gasteiger partial charge in [-0.2, -0.15) is 0 Å². The molecule has 1 aromatic carbocycles. The smallest absolute Gasteiger partial charge is 0.245 e. The van der Waals surface area contributed by atoms with E-state index in [1.165, 1.54) is 0 Å². The van der Waals surface area contributed by atoms with Crippen molar-refractivity contribution in [1.82, 2.24) is 4.98 Å². The first-order valence-electron chi connectivity index (χ1n) is 7.38. The molecular weight excluding hydrogens is 330 g/mol. The normalized spacial score (nSPS) is 14.3. The first-order valence-corrected chi connectivity index (χ1v) is 7.76. The molecule has 7 heteroatoms. The number of carbonyl (C=O) groups excluding carboxylic acids is 1. The lowest BCUT2D eigenvalue weighted by Crippen LogP contribution is -2.16. The molecule has 2 heterocycles. The molecule has 0 fully saturated rings. The summed E-state index contributed by atoms with van der Waals surface area (Å²) in [6.45, 7) is 4.89. The molecule has 6 nitrogen and oxygen atoms in total. The lowest BCUT2D eigenvalue weighted by molar-refractivity contribution is -0.302. The molecule has 0 saturated carbocycles. The average molecular weight is 347 g/mol. The second-order valence-corrected chi connectivity index (χ2v) is 5.66. The topological polar surface area (TPSA) is 90.9 Å². The second kappa shape index (κ2) is 7.40. The third-order valence-corrected chi connectivity index (χ3v) is 3.51. The van der Waals surface area contributed by atoms with Crippen LogP contribution in [0.1, 0.15) is 32.4 Å². The summed E-state index contributed by atoms with van der Waals surface area (Å²) in [4.78, 5) is 22.1. The molecule has 24 heavy (non-hydrogen) atoms. The predicted octanol–water partition coefficient (Wildman–Crippen LogP) is 2.64. The van der Waals surface area contributed by atoms with Crippen LogP contribution in [-0.4, -0.2) is 23.4 Å². The highest BCUT2D eigenvalue weighted by atomic mass is 35.5. The molecule has 0 atom stereocenters. The summed E-state index contributed by atoms with van der Waals surface area (Å²) in [5.41, 5.74) is 1.07. The van der Waals surface area contributed by atoms with Crippen molar-refractivity contribution in [3.05, 3.63) is 40.9 Å². The Bertz CT molecular complexity index is 763. The molecule has 0 spiro atoms. The van der Waals surface area contributed by atoms with E-state index >= 15 is 0 Å². The zero-order chi connectivity index (χ0) is 17.7. The van der Waals surface area contributed by atoms with Crippen molar-refractivity contribution in [2.75, 3.05) is 0 Å². The predicted molar refractivity (Wildman–Crippen MR) is 91.3 cm³/mol. The fourth-order valence-electron chi connectivity index (χ4n) is 2.13. The molecule has 1 aliphatic heterocycles. The molecule has 0 aliphatic carbocycles. The highest BCUT2D eigenvalue weighted by Crippen LogP contribution is 2.33. The Balaban J connectivity index is 0.000000471. The van der Waals surface area contributed by atoms with Gasteiger partial charge in [-0.25, -0.2) is 4.98 Å². The Morgan fingerprint density at radius 3 is 2.29 bits per heavy atom. The summed E-state index contributed by atoms with van der Waals surface area (Å²) in [6.07, 6.45) is 4.09. The summed E-state index contributed by atoms with van der Waals surface area (Å²) >= 11 is 5.92. The molecule has 3 rings (SSSR count). The number of nitrogens with zero attached hydrogens (tertiary/aromatic N) is 3. The Labute approximate surface area is 144 Å². The van der Waals surface area contributed by atoms with Gasteiger partial charge in [-0.1, -0.05) is 30.7 Å². The number of aliphatic imine (C=N–C) groups is 2. The number of carbonyl (C=O) groups is 1. The standard InChI is InChI=1S/C15H14ClN3O.C2H4O2/c1-3-12-13(10-4-6-11(16)7-5-10)19-14(20-12)15(2)17-8-9-18-15;1-2(3)4/h4-9H,3H2,1-2H3;1H3,(H,3,4)/p-1. The number of benzene rings is 1. The highest BCUT2D eigenvalue weighted by Gasteiger charge is 2.33. The maximum atomic E-state index is 8.89. The Kier molecular flexibility index (Phi) is 5.51. The van der Waals surface area contributed by atoms with Crippen molar-refractivity contribution in [1.29, 1.82) is 0 Å². The maximum absolute atomic E-state index is 8.89. The van der Waals surface area contributed by atoms with E-state index in [1.807, 2.05) is 38.1 Å². The van der Waals surface area contributed by atoms with E-state index in [0.29, 0.717) is 10.9 Å². The van der Waals surface area contributed by atoms with E-state index in [0.717, 1.165) is 30.4 Å². The Morgan fingerprint density at radius 1 is 1.25 bits per heavy atom. The number of hydrogen-bond acceptors (Lipinski definition) is 6. The fourth-order valence-corrected chi connectivity index (χ4v) is 2.25. The molecule has 2 aromatic rings. The van der Waals surface area contributed by atoms with E-state index in [1.54, 1.807) is 12.4 Å². The molecule has 1 aromatic heterocycles. The summed E-state index contributed by atoms with van der Waals surface area (Å²) in [5.74, 6) is 0.269. The van der Waals surface area contributed by atoms with Gasteiger partial charge >= 0.3 is 0 Å². The largest absolute Gasteiger partial charge is 0.550 e. The zero-order valence-electron chi connectivity index (χ0n) is 13.6. The quantitative estimate of drug-likeness (QED) is 0.854. The van der Waals surface area contributed by atoms with Gasteiger partial charge < -0.3 is 14.3 Å². The van der Waals surface area contributed by atoms with E-state index in [9.17, 15) is 0 Å². The number of rotatable bonds is 3. The maximum Gasteiger partial charge on any atom is 0.245 e. The highest BCUT2D eigenvalue weighted by molar-refractivity contribution is 6.30. The van der Waals surface area contributed by atoms with Gasteiger partial charge in [0.2, 0.25) is 11.6 Å². The Hall–Kier alpha value is -2.47. The van der Waals surface area contributed by atoms with E-state index in [2.05, 4.69) is 15.0 Å². The Morgan fingerprint density at radius 2 is 1.79 bits per heavy atom. The van der Waals surface area contributed by atoms with Gasteiger partial charge in [-0.3, -0.25) is 9.98 Å². The summed E-state index contributed by atoms with van der Waals surface area (Å²) in [6, 6.07) is 7.57. The second-order valence-electron chi connectivity index (χ2n) is 5.22. The van der Waals surface area contributed by atoms with Crippen molar-refractivity contribution in [2.24, 2.45) is 9.98 Å². The number of aryl methyl sites for hydroxylation is 1. The first-order chi connectivity index (χ1) is 11.4. The van der Waals surface area contributed by atoms with Crippen LogP contribution in [-0.2, 0) is 16.9 Å². The molecule has 0 unspecified atom stereocenters. The molecule has 0 saturated heterocycles. The van der Waals surface area contributed by atoms with Crippen LogP contribution in [0.15, 0.2) is 38.7 Å². The number of aromatic nitrogens is 1. The number of aliphatic carboxylic acids is 1. The van der Waals surface area contributed by atoms with Crippen molar-refractivity contribution in [2.45, 2.75) is 32.9 Å². The minimum Gasteiger partial charge on any atom is -0.550 e. The fraction of sp³-hybridized carbons (Fsp3) is 0.294. The molecule has 126 valence electrons. The minimum atomic E-state index is -1.08. The van der Waals surface area contributed by atoms with Crippen LogP contribution in [0, 0.1) is 0 Å². The first kappa shape index (κ1) is 17.9. The number of oxazole rings is 1. The molecule has 0 N–H and O–H groups in total. The van der Waals surface area contributed by atoms with Gasteiger partial charge in [0.25, 0.3) is 0 Å². The molecule has 0 radical (unpaired) electrons. The molecule has 1 aliphatic rings. The van der Waals surface area contributed by atoms with Crippen LogP contribution in [0.4, 0.5) is 0 Å². The number of hydrogen-bond donors (Lipinski definition) is 0. The molecule has 0 amide bonds. The zero-order valence-corrected chi connectivity index (χ0v) is 14.4. The SMILES string of the molecule is CC(=O)[O-].CCc1oc(C2(C)N=CC=N2)nc1-c1ccc(Cl)cc1. The average Bonchev–Trinajstić information content (AvgIpc) is 3.15. The van der Waals surface area contributed by atoms with Crippen LogP contribution in [0.25, 0.3) is 11.3 Å². The van der Waals surface area contributed by atoms with Crippen LogP contribution in [0.3, 0.4) is 0 Å².